The van der Waals surface area contributed by atoms with Gasteiger partial charge in [0.2, 0.25) is 0 Å². The van der Waals surface area contributed by atoms with E-state index < -0.39 is 6.10 Å². The van der Waals surface area contributed by atoms with Gasteiger partial charge >= 0.3 is 0 Å². The Balaban J connectivity index is 1.23. The predicted octanol–water partition coefficient (Wildman–Crippen LogP) is 1.70. The summed E-state index contributed by atoms with van der Waals surface area (Å²) >= 11 is 1.51. The summed E-state index contributed by atoms with van der Waals surface area (Å²) in [5.41, 5.74) is 3.33. The number of rotatable bonds is 6. The van der Waals surface area contributed by atoms with Crippen LogP contribution >= 0.6 is 11.3 Å². The highest BCUT2D eigenvalue weighted by molar-refractivity contribution is 7.07. The molecule has 0 spiro atoms. The van der Waals surface area contributed by atoms with Gasteiger partial charge in [-0.1, -0.05) is 6.42 Å². The first kappa shape index (κ1) is 17.0. The molecule has 1 saturated heterocycles. The Morgan fingerprint density at radius 3 is 2.85 bits per heavy atom. The number of nitrogens with zero attached hydrogens (tertiary/aromatic N) is 7. The van der Waals surface area contributed by atoms with E-state index in [-0.39, 0.29) is 0 Å². The fraction of sp³-hybridized carbons (Fsp3) is 0.556. The molecule has 4 heterocycles. The first-order chi connectivity index (χ1) is 13.2. The Bertz CT molecular complexity index is 917. The van der Waals surface area contributed by atoms with Crippen molar-refractivity contribution < 1.29 is 5.11 Å². The van der Waals surface area contributed by atoms with E-state index in [1.807, 2.05) is 22.0 Å². The summed E-state index contributed by atoms with van der Waals surface area (Å²) in [5, 5.41) is 25.6. The third kappa shape index (κ3) is 3.09. The van der Waals surface area contributed by atoms with Gasteiger partial charge in [-0.05, 0) is 32.0 Å². The zero-order valence-electron chi connectivity index (χ0n) is 15.3. The van der Waals surface area contributed by atoms with Crippen LogP contribution in [-0.4, -0.2) is 67.5 Å². The van der Waals surface area contributed by atoms with Crippen molar-refractivity contribution in [3.8, 4) is 0 Å². The Morgan fingerprint density at radius 2 is 2.15 bits per heavy atom. The zero-order chi connectivity index (χ0) is 18.4. The van der Waals surface area contributed by atoms with Crippen LogP contribution in [-0.2, 0) is 0 Å². The SMILES string of the molecule is CN(CC(O)c1cscn1)C1CN(c2ccc3nnc(C4CCC4)n3n2)C1. The van der Waals surface area contributed by atoms with E-state index >= 15 is 0 Å². The van der Waals surface area contributed by atoms with Crippen LogP contribution in [0.5, 0.6) is 0 Å². The summed E-state index contributed by atoms with van der Waals surface area (Å²) in [4.78, 5) is 8.67. The largest absolute Gasteiger partial charge is 0.385 e. The Hall–Kier alpha value is -2.10. The molecule has 0 aromatic carbocycles. The molecular formula is C18H23N7OS. The van der Waals surface area contributed by atoms with Gasteiger partial charge in [-0.15, -0.1) is 26.6 Å². The fourth-order valence-corrected chi connectivity index (χ4v) is 4.31. The summed E-state index contributed by atoms with van der Waals surface area (Å²) in [6, 6.07) is 4.43. The normalized spacial score (nSPS) is 19.4. The first-order valence-electron chi connectivity index (χ1n) is 9.43. The van der Waals surface area contributed by atoms with Gasteiger partial charge in [0.1, 0.15) is 11.9 Å². The summed E-state index contributed by atoms with van der Waals surface area (Å²) in [5.74, 6) is 2.47. The fourth-order valence-electron chi connectivity index (χ4n) is 3.71. The number of aliphatic hydroxyl groups is 1. The van der Waals surface area contributed by atoms with Crippen LogP contribution in [0.1, 0.15) is 42.8 Å². The summed E-state index contributed by atoms with van der Waals surface area (Å²) in [7, 11) is 2.06. The van der Waals surface area contributed by atoms with E-state index in [1.165, 1.54) is 30.6 Å². The van der Waals surface area contributed by atoms with Crippen molar-refractivity contribution in [1.29, 1.82) is 0 Å². The predicted molar refractivity (Wildman–Crippen MR) is 103 cm³/mol. The van der Waals surface area contributed by atoms with E-state index in [4.69, 9.17) is 5.10 Å². The van der Waals surface area contributed by atoms with Crippen molar-refractivity contribution >= 4 is 22.8 Å². The molecule has 1 atom stereocenters. The molecule has 9 heteroatoms. The van der Waals surface area contributed by atoms with Gasteiger partial charge in [0, 0.05) is 37.0 Å². The lowest BCUT2D eigenvalue weighted by Gasteiger charge is -2.45. The van der Waals surface area contributed by atoms with Crippen LogP contribution in [0.4, 0.5) is 5.82 Å². The lowest BCUT2D eigenvalue weighted by Crippen LogP contribution is -2.59. The van der Waals surface area contributed by atoms with E-state index in [9.17, 15) is 5.11 Å². The van der Waals surface area contributed by atoms with E-state index in [2.05, 4.69) is 32.0 Å². The van der Waals surface area contributed by atoms with Crippen LogP contribution in [0.25, 0.3) is 5.65 Å². The van der Waals surface area contributed by atoms with Gasteiger partial charge < -0.3 is 10.0 Å². The number of aromatic nitrogens is 5. The Kier molecular flexibility index (Phi) is 4.30. The minimum atomic E-state index is -0.535. The third-order valence-corrected chi connectivity index (χ3v) is 6.41. The number of thiazole rings is 1. The van der Waals surface area contributed by atoms with Gasteiger partial charge in [-0.3, -0.25) is 4.90 Å². The second-order valence-corrected chi connectivity index (χ2v) is 8.29. The van der Waals surface area contributed by atoms with Gasteiger partial charge in [0.25, 0.3) is 0 Å². The van der Waals surface area contributed by atoms with Gasteiger partial charge in [-0.25, -0.2) is 4.98 Å². The maximum Gasteiger partial charge on any atom is 0.178 e. The summed E-state index contributed by atoms with van der Waals surface area (Å²) in [6.07, 6.45) is 3.10. The topological polar surface area (TPSA) is 82.7 Å². The van der Waals surface area contributed by atoms with Crippen LogP contribution in [0, 0.1) is 0 Å². The van der Waals surface area contributed by atoms with Gasteiger partial charge in [-0.2, -0.15) is 4.52 Å². The molecule has 3 aromatic rings. The third-order valence-electron chi connectivity index (χ3n) is 5.81. The number of hydrogen-bond donors (Lipinski definition) is 1. The number of likely N-dealkylation sites (N-methyl/N-ethyl adjacent to an activating group) is 1. The highest BCUT2D eigenvalue weighted by Crippen LogP contribution is 2.35. The van der Waals surface area contributed by atoms with Crippen molar-refractivity contribution in [2.75, 3.05) is 31.6 Å². The van der Waals surface area contributed by atoms with Crippen LogP contribution < -0.4 is 4.90 Å². The van der Waals surface area contributed by atoms with Crippen molar-refractivity contribution in [3.63, 3.8) is 0 Å². The maximum atomic E-state index is 10.3. The molecule has 0 amide bonds. The highest BCUT2D eigenvalue weighted by atomic mass is 32.1. The number of hydrogen-bond acceptors (Lipinski definition) is 8. The van der Waals surface area contributed by atoms with Crippen molar-refractivity contribution in [2.24, 2.45) is 0 Å². The highest BCUT2D eigenvalue weighted by Gasteiger charge is 2.33. The Morgan fingerprint density at radius 1 is 1.30 bits per heavy atom. The molecule has 142 valence electrons. The molecule has 1 saturated carbocycles. The maximum absolute atomic E-state index is 10.3. The molecule has 1 N–H and O–H groups in total. The molecule has 1 aliphatic carbocycles. The molecular weight excluding hydrogens is 362 g/mol. The number of aliphatic hydroxyl groups excluding tert-OH is 1. The smallest absolute Gasteiger partial charge is 0.178 e. The minimum absolute atomic E-state index is 0.405. The lowest BCUT2D eigenvalue weighted by atomic mass is 9.85. The summed E-state index contributed by atoms with van der Waals surface area (Å²) in [6.45, 7) is 2.39. The van der Waals surface area contributed by atoms with E-state index in [0.29, 0.717) is 18.5 Å². The molecule has 2 fully saturated rings. The van der Waals surface area contributed by atoms with Crippen LogP contribution in [0.2, 0.25) is 0 Å². The lowest BCUT2D eigenvalue weighted by molar-refractivity contribution is 0.0921. The second kappa shape index (κ2) is 6.81. The number of fused-ring (bicyclic) bond motifs is 1. The molecule has 2 aliphatic rings. The van der Waals surface area contributed by atoms with Crippen molar-refractivity contribution in [2.45, 2.75) is 37.3 Å². The van der Waals surface area contributed by atoms with Crippen LogP contribution in [0.15, 0.2) is 23.0 Å². The zero-order valence-corrected chi connectivity index (χ0v) is 16.1. The van der Waals surface area contributed by atoms with Gasteiger partial charge in [0.05, 0.1) is 11.2 Å². The molecule has 8 nitrogen and oxygen atoms in total. The van der Waals surface area contributed by atoms with Crippen molar-refractivity contribution in [3.05, 3.63) is 34.5 Å². The molecule has 5 rings (SSSR count). The molecule has 1 aliphatic heterocycles. The standard InChI is InChI=1S/C18H23N7OS/c1-23(9-15(26)14-10-27-11-19-14)13-7-24(8-13)17-6-5-16-20-21-18(25(16)22-17)12-3-2-4-12/h5-6,10-13,15,26H,2-4,7-9H2,1H3. The Labute approximate surface area is 161 Å². The summed E-state index contributed by atoms with van der Waals surface area (Å²) < 4.78 is 1.92. The first-order valence-corrected chi connectivity index (χ1v) is 10.4. The number of anilines is 1. The van der Waals surface area contributed by atoms with E-state index in [0.717, 1.165) is 36.1 Å². The molecule has 3 aromatic heterocycles. The average Bonchev–Trinajstić information content (AvgIpc) is 3.22. The van der Waals surface area contributed by atoms with Crippen LogP contribution in [0.3, 0.4) is 0 Å². The monoisotopic (exact) mass is 385 g/mol. The molecule has 27 heavy (non-hydrogen) atoms. The minimum Gasteiger partial charge on any atom is -0.385 e. The quantitative estimate of drug-likeness (QED) is 0.691. The second-order valence-electron chi connectivity index (χ2n) is 7.58. The molecule has 0 radical (unpaired) electrons. The van der Waals surface area contributed by atoms with Gasteiger partial charge in [0.15, 0.2) is 11.5 Å². The average molecular weight is 385 g/mol. The molecule has 1 unspecified atom stereocenters. The van der Waals surface area contributed by atoms with E-state index in [1.54, 1.807) is 5.51 Å². The van der Waals surface area contributed by atoms with Crippen molar-refractivity contribution in [1.82, 2.24) is 29.7 Å². The molecule has 0 bridgehead atoms.